The molecule has 0 heterocycles. The zero-order valence-corrected chi connectivity index (χ0v) is 11.3. The smallest absolute Gasteiger partial charge is 0.305 e. The molecule has 7 nitrogen and oxygen atoms in total. The number of ether oxygens (including phenoxy) is 1. The van der Waals surface area contributed by atoms with Gasteiger partial charge in [0.15, 0.2) is 0 Å². The molecule has 0 amide bonds. The maximum absolute atomic E-state index is 11.0. The highest BCUT2D eigenvalue weighted by Crippen LogP contribution is 2.24. The number of nitro benzene ring substituents is 1. The third-order valence-corrected chi connectivity index (χ3v) is 2.82. The molecule has 20 heavy (non-hydrogen) atoms. The number of carbonyl (C=O) groups is 1. The molecule has 0 aliphatic rings. The molecule has 1 rings (SSSR count). The predicted octanol–water partition coefficient (Wildman–Crippen LogP) is 1.86. The summed E-state index contributed by atoms with van der Waals surface area (Å²) in [5, 5.41) is 19.7. The molecule has 0 aliphatic heterocycles. The van der Waals surface area contributed by atoms with E-state index in [-0.39, 0.29) is 23.6 Å². The van der Waals surface area contributed by atoms with Crippen LogP contribution in [0.3, 0.4) is 0 Å². The third kappa shape index (κ3) is 3.95. The number of nitriles is 1. The van der Waals surface area contributed by atoms with E-state index in [1.807, 2.05) is 6.07 Å². The SMILES string of the molecule is COC(=O)CCCN(C)c1ccc([N+](=O)[O-])cc1C#N. The molecule has 0 bridgehead atoms. The minimum Gasteiger partial charge on any atom is -0.469 e. The van der Waals surface area contributed by atoms with Gasteiger partial charge in [0.2, 0.25) is 0 Å². The molecule has 0 spiro atoms. The van der Waals surface area contributed by atoms with Gasteiger partial charge < -0.3 is 9.64 Å². The fourth-order valence-electron chi connectivity index (χ4n) is 1.74. The molecule has 0 unspecified atom stereocenters. The number of methoxy groups -OCH3 is 1. The quantitative estimate of drug-likeness (QED) is 0.447. The van der Waals surface area contributed by atoms with Crippen molar-refractivity contribution >= 4 is 17.3 Å². The standard InChI is InChI=1S/C13H15N3O4/c1-15(7-3-4-13(17)20-2)12-6-5-11(16(18)19)8-10(12)9-14/h5-6,8H,3-4,7H2,1-2H3. The Morgan fingerprint density at radius 3 is 2.80 bits per heavy atom. The largest absolute Gasteiger partial charge is 0.469 e. The van der Waals surface area contributed by atoms with Crippen LogP contribution in [0.25, 0.3) is 0 Å². The molecule has 1 aromatic rings. The first-order valence-corrected chi connectivity index (χ1v) is 5.96. The monoisotopic (exact) mass is 277 g/mol. The Morgan fingerprint density at radius 2 is 2.25 bits per heavy atom. The second-order valence-electron chi connectivity index (χ2n) is 4.17. The van der Waals surface area contributed by atoms with E-state index in [4.69, 9.17) is 5.26 Å². The van der Waals surface area contributed by atoms with E-state index < -0.39 is 4.92 Å². The first kappa shape index (κ1) is 15.4. The van der Waals surface area contributed by atoms with Gasteiger partial charge in [-0.3, -0.25) is 14.9 Å². The highest BCUT2D eigenvalue weighted by Gasteiger charge is 2.13. The molecule has 1 aromatic carbocycles. The summed E-state index contributed by atoms with van der Waals surface area (Å²) in [6, 6.07) is 6.08. The van der Waals surface area contributed by atoms with Crippen molar-refractivity contribution in [3.05, 3.63) is 33.9 Å². The normalized spacial score (nSPS) is 9.65. The van der Waals surface area contributed by atoms with E-state index >= 15 is 0 Å². The van der Waals surface area contributed by atoms with Crippen molar-refractivity contribution in [1.82, 2.24) is 0 Å². The molecule has 0 aliphatic carbocycles. The van der Waals surface area contributed by atoms with Crippen molar-refractivity contribution < 1.29 is 14.5 Å². The number of anilines is 1. The van der Waals surface area contributed by atoms with Gasteiger partial charge in [-0.15, -0.1) is 0 Å². The summed E-state index contributed by atoms with van der Waals surface area (Å²) in [5.74, 6) is -0.289. The van der Waals surface area contributed by atoms with Crippen molar-refractivity contribution in [1.29, 1.82) is 5.26 Å². The van der Waals surface area contributed by atoms with Crippen LogP contribution in [-0.4, -0.2) is 31.6 Å². The van der Waals surface area contributed by atoms with Crippen LogP contribution >= 0.6 is 0 Å². The Labute approximate surface area is 116 Å². The molecular formula is C13H15N3O4. The minimum absolute atomic E-state index is 0.117. The van der Waals surface area contributed by atoms with Gasteiger partial charge in [-0.2, -0.15) is 5.26 Å². The summed E-state index contributed by atoms with van der Waals surface area (Å²) in [4.78, 5) is 22.9. The second kappa shape index (κ2) is 7.09. The van der Waals surface area contributed by atoms with Gasteiger partial charge in [-0.1, -0.05) is 0 Å². The maximum atomic E-state index is 11.0. The van der Waals surface area contributed by atoms with Gasteiger partial charge >= 0.3 is 5.97 Å². The maximum Gasteiger partial charge on any atom is 0.305 e. The lowest BCUT2D eigenvalue weighted by Gasteiger charge is -2.20. The number of nitro groups is 1. The molecule has 0 fully saturated rings. The second-order valence-corrected chi connectivity index (χ2v) is 4.17. The molecular weight excluding hydrogens is 262 g/mol. The zero-order chi connectivity index (χ0) is 15.1. The molecule has 0 saturated carbocycles. The number of nitrogens with zero attached hydrogens (tertiary/aromatic N) is 3. The predicted molar refractivity (Wildman–Crippen MR) is 72.3 cm³/mol. The average Bonchev–Trinajstić information content (AvgIpc) is 2.45. The van der Waals surface area contributed by atoms with Crippen LogP contribution in [0.2, 0.25) is 0 Å². The van der Waals surface area contributed by atoms with E-state index in [0.717, 1.165) is 0 Å². The average molecular weight is 277 g/mol. The van der Waals surface area contributed by atoms with Crippen molar-refractivity contribution in [2.24, 2.45) is 0 Å². The lowest BCUT2D eigenvalue weighted by molar-refractivity contribution is -0.384. The summed E-state index contributed by atoms with van der Waals surface area (Å²) in [6.45, 7) is 0.543. The summed E-state index contributed by atoms with van der Waals surface area (Å²) in [5.41, 5.74) is 0.719. The Morgan fingerprint density at radius 1 is 1.55 bits per heavy atom. The topological polar surface area (TPSA) is 96.5 Å². The molecule has 0 radical (unpaired) electrons. The summed E-state index contributed by atoms with van der Waals surface area (Å²) >= 11 is 0. The van der Waals surface area contributed by atoms with Gasteiger partial charge in [0.25, 0.3) is 5.69 Å². The Kier molecular flexibility index (Phi) is 5.47. The molecule has 0 aromatic heterocycles. The third-order valence-electron chi connectivity index (χ3n) is 2.82. The number of carbonyl (C=O) groups excluding carboxylic acids is 1. The summed E-state index contributed by atoms with van der Waals surface area (Å²) in [6.07, 6.45) is 0.862. The van der Waals surface area contributed by atoms with Gasteiger partial charge in [0, 0.05) is 32.1 Å². The van der Waals surface area contributed by atoms with Crippen LogP contribution < -0.4 is 4.90 Å². The van der Waals surface area contributed by atoms with E-state index in [1.54, 1.807) is 11.9 Å². The van der Waals surface area contributed by atoms with E-state index in [0.29, 0.717) is 18.7 Å². The van der Waals surface area contributed by atoms with E-state index in [2.05, 4.69) is 4.74 Å². The van der Waals surface area contributed by atoms with Gasteiger partial charge in [0.05, 0.1) is 23.3 Å². The number of hydrogen-bond acceptors (Lipinski definition) is 6. The first-order valence-electron chi connectivity index (χ1n) is 5.96. The van der Waals surface area contributed by atoms with Crippen molar-refractivity contribution in [2.45, 2.75) is 12.8 Å². The molecule has 106 valence electrons. The highest BCUT2D eigenvalue weighted by atomic mass is 16.6. The van der Waals surface area contributed by atoms with Crippen LogP contribution in [0.1, 0.15) is 18.4 Å². The molecule has 0 N–H and O–H groups in total. The van der Waals surface area contributed by atoms with Gasteiger partial charge in [0.1, 0.15) is 6.07 Å². The Bertz CT molecular complexity index is 551. The first-order chi connectivity index (χ1) is 9.49. The fraction of sp³-hybridized carbons (Fsp3) is 0.385. The molecule has 7 heteroatoms. The lowest BCUT2D eigenvalue weighted by atomic mass is 10.1. The van der Waals surface area contributed by atoms with Crippen molar-refractivity contribution in [2.75, 3.05) is 25.6 Å². The van der Waals surface area contributed by atoms with Crippen LogP contribution in [-0.2, 0) is 9.53 Å². The minimum atomic E-state index is -0.540. The van der Waals surface area contributed by atoms with Crippen LogP contribution in [0.15, 0.2) is 18.2 Å². The highest BCUT2D eigenvalue weighted by molar-refractivity contribution is 5.69. The number of rotatable bonds is 6. The molecule has 0 saturated heterocycles. The van der Waals surface area contributed by atoms with Gasteiger partial charge in [-0.05, 0) is 12.5 Å². The number of benzene rings is 1. The Balaban J connectivity index is 2.78. The van der Waals surface area contributed by atoms with E-state index in [1.165, 1.54) is 25.3 Å². The lowest BCUT2D eigenvalue weighted by Crippen LogP contribution is -2.20. The summed E-state index contributed by atoms with van der Waals surface area (Å²) < 4.78 is 4.54. The van der Waals surface area contributed by atoms with Crippen LogP contribution in [0.5, 0.6) is 0 Å². The zero-order valence-electron chi connectivity index (χ0n) is 11.3. The number of hydrogen-bond donors (Lipinski definition) is 0. The van der Waals surface area contributed by atoms with Gasteiger partial charge in [-0.25, -0.2) is 0 Å². The van der Waals surface area contributed by atoms with Crippen LogP contribution in [0.4, 0.5) is 11.4 Å². The fourth-order valence-corrected chi connectivity index (χ4v) is 1.74. The van der Waals surface area contributed by atoms with E-state index in [9.17, 15) is 14.9 Å². The summed E-state index contributed by atoms with van der Waals surface area (Å²) in [7, 11) is 3.09. The van der Waals surface area contributed by atoms with Crippen molar-refractivity contribution in [3.8, 4) is 6.07 Å². The van der Waals surface area contributed by atoms with Crippen LogP contribution in [0, 0.1) is 21.4 Å². The number of esters is 1. The molecule has 0 atom stereocenters. The number of non-ortho nitro benzene ring substituents is 1. The van der Waals surface area contributed by atoms with Crippen molar-refractivity contribution in [3.63, 3.8) is 0 Å². The Hall–Kier alpha value is -2.62.